The van der Waals surface area contributed by atoms with Crippen molar-refractivity contribution in [2.75, 3.05) is 33.9 Å². The van der Waals surface area contributed by atoms with E-state index in [2.05, 4.69) is 22.6 Å². The molecule has 376 valence electrons. The van der Waals surface area contributed by atoms with Gasteiger partial charge in [-0.15, -0.1) is 12.3 Å². The zero-order chi connectivity index (χ0) is 49.7. The zero-order valence-electron chi connectivity index (χ0n) is 42.1. The number of rotatable bonds is 11. The van der Waals surface area contributed by atoms with E-state index in [0.29, 0.717) is 30.7 Å². The van der Waals surface area contributed by atoms with E-state index in [1.54, 1.807) is 34.6 Å². The number of hydrogen-bond donors (Lipinski definition) is 1. The number of esters is 2. The van der Waals surface area contributed by atoms with Crippen LogP contribution >= 0.6 is 0 Å². The Bertz CT molecular complexity index is 1770. The first-order valence-corrected chi connectivity index (χ1v) is 23.4. The summed E-state index contributed by atoms with van der Waals surface area (Å²) in [5, 5.41) is 16.9. The molecule has 2 unspecified atom stereocenters. The molecule has 4 saturated heterocycles. The third-order valence-corrected chi connectivity index (χ3v) is 14.3. The zero-order valence-corrected chi connectivity index (χ0v) is 42.1. The van der Waals surface area contributed by atoms with Crippen LogP contribution in [0, 0.1) is 36.0 Å². The van der Waals surface area contributed by atoms with Gasteiger partial charge in [0, 0.05) is 70.1 Å². The summed E-state index contributed by atoms with van der Waals surface area (Å²) in [5.41, 5.74) is -6.65. The van der Waals surface area contributed by atoms with Crippen LogP contribution in [0.4, 0.5) is 4.39 Å². The van der Waals surface area contributed by atoms with Crippen LogP contribution in [0.2, 0.25) is 0 Å². The minimum Gasteiger partial charge on any atom is -0.457 e. The molecule has 17 heteroatoms. The molecule has 4 fully saturated rings. The van der Waals surface area contributed by atoms with E-state index in [4.69, 9.17) is 53.9 Å². The molecule has 4 rings (SSSR count). The van der Waals surface area contributed by atoms with Crippen molar-refractivity contribution < 1.29 is 71.3 Å². The first-order valence-electron chi connectivity index (χ1n) is 23.4. The molecule has 16 nitrogen and oxygen atoms in total. The molecule has 0 saturated carbocycles. The molecule has 0 aromatic rings. The van der Waals surface area contributed by atoms with Gasteiger partial charge in [0.2, 0.25) is 5.67 Å². The molecule has 0 aromatic heterocycles. The van der Waals surface area contributed by atoms with Gasteiger partial charge >= 0.3 is 17.9 Å². The quantitative estimate of drug-likeness (QED) is 0.0827. The van der Waals surface area contributed by atoms with Crippen molar-refractivity contribution in [2.45, 2.75) is 206 Å². The minimum atomic E-state index is -2.96. The molecular formula is C49H79FN2O14. The van der Waals surface area contributed by atoms with Gasteiger partial charge in [0.15, 0.2) is 18.7 Å². The van der Waals surface area contributed by atoms with Crippen LogP contribution < -0.4 is 0 Å². The summed E-state index contributed by atoms with van der Waals surface area (Å²) in [5.74, 6) is -2.50. The highest BCUT2D eigenvalue weighted by molar-refractivity contribution is 5.89. The van der Waals surface area contributed by atoms with E-state index in [1.807, 2.05) is 34.7 Å². The van der Waals surface area contributed by atoms with Crippen LogP contribution in [-0.4, -0.2) is 151 Å². The van der Waals surface area contributed by atoms with Crippen molar-refractivity contribution >= 4 is 23.6 Å². The second-order valence-corrected chi connectivity index (χ2v) is 20.1. The summed E-state index contributed by atoms with van der Waals surface area (Å²) in [4.78, 5) is 46.8. The highest BCUT2D eigenvalue weighted by Crippen LogP contribution is 2.45. The normalized spacial score (nSPS) is 43.7. The Labute approximate surface area is 392 Å². The van der Waals surface area contributed by atoms with Crippen molar-refractivity contribution in [3.05, 3.63) is 12.2 Å². The number of ether oxygens (including phenoxy) is 9. The Morgan fingerprint density at radius 3 is 2.24 bits per heavy atom. The molecule has 18 atom stereocenters. The predicted octanol–water partition coefficient (Wildman–Crippen LogP) is 6.09. The van der Waals surface area contributed by atoms with Gasteiger partial charge in [-0.1, -0.05) is 46.4 Å². The number of fused-ring (bicyclic) bond motifs is 5. The van der Waals surface area contributed by atoms with Gasteiger partial charge in [-0.2, -0.15) is 0 Å². The maximum absolute atomic E-state index is 18.4. The Morgan fingerprint density at radius 1 is 0.985 bits per heavy atom. The van der Waals surface area contributed by atoms with Crippen molar-refractivity contribution in [3.63, 3.8) is 0 Å². The molecule has 0 amide bonds. The summed E-state index contributed by atoms with van der Waals surface area (Å²) in [6, 6.07) is -0.0282. The molecule has 4 aliphatic heterocycles. The van der Waals surface area contributed by atoms with Gasteiger partial charge < -0.3 is 57.5 Å². The summed E-state index contributed by atoms with van der Waals surface area (Å²) < 4.78 is 76.6. The lowest BCUT2D eigenvalue weighted by Crippen LogP contribution is -2.63. The fraction of sp³-hybridized carbons (Fsp3) is 0.837. The monoisotopic (exact) mass is 939 g/mol. The van der Waals surface area contributed by atoms with Crippen molar-refractivity contribution in [1.29, 1.82) is 0 Å². The third-order valence-electron chi connectivity index (χ3n) is 14.3. The van der Waals surface area contributed by atoms with Crippen molar-refractivity contribution in [3.8, 4) is 12.3 Å². The lowest BCUT2D eigenvalue weighted by Gasteiger charge is -2.51. The SMILES string of the molecule is C#CCCN(C)[C@H]1C[C@@H](C)OC(O[C@@H]2[C@@H](C)[C@H](OC3C[C@@](C)(OC)[C@@H](OC(C)=O)[C@H](C)O3)[C@](C)(F)C(=O)O[C@H](CC)[C@@](C)(O)[C@@H]3OCC(=C)CO[C@]2(C)C[C@@H](C)/C(=N\OC(C)=O)[C@@H]3C)[C@@H]1C. The lowest BCUT2D eigenvalue weighted by molar-refractivity contribution is -0.321. The van der Waals surface area contributed by atoms with Gasteiger partial charge in [-0.05, 0) is 73.4 Å². The molecule has 66 heavy (non-hydrogen) atoms. The molecule has 0 spiro atoms. The van der Waals surface area contributed by atoms with Gasteiger partial charge in [-0.3, -0.25) is 4.79 Å². The number of alkyl halides is 1. The van der Waals surface area contributed by atoms with Crippen LogP contribution in [0.25, 0.3) is 0 Å². The predicted molar refractivity (Wildman–Crippen MR) is 243 cm³/mol. The fourth-order valence-corrected chi connectivity index (χ4v) is 10.7. The molecule has 0 aliphatic carbocycles. The molecule has 2 bridgehead atoms. The van der Waals surface area contributed by atoms with E-state index in [1.165, 1.54) is 27.9 Å². The Balaban J connectivity index is 2.03. The number of cyclic esters (lactones) is 1. The van der Waals surface area contributed by atoms with E-state index < -0.39 is 107 Å². The Morgan fingerprint density at radius 2 is 1.65 bits per heavy atom. The highest BCUT2D eigenvalue weighted by atomic mass is 19.1. The molecule has 0 radical (unpaired) electrons. The summed E-state index contributed by atoms with van der Waals surface area (Å²) >= 11 is 0. The van der Waals surface area contributed by atoms with E-state index >= 15 is 4.39 Å². The average molecular weight is 939 g/mol. The number of nitrogens with zero attached hydrogens (tertiary/aromatic N) is 2. The van der Waals surface area contributed by atoms with Crippen molar-refractivity contribution in [1.82, 2.24) is 4.90 Å². The number of methoxy groups -OCH3 is 1. The van der Waals surface area contributed by atoms with Gasteiger partial charge in [0.1, 0.15) is 23.4 Å². The number of carbonyl (C=O) groups is 3. The van der Waals surface area contributed by atoms with E-state index in [9.17, 15) is 19.5 Å². The van der Waals surface area contributed by atoms with E-state index in [0.717, 1.165) is 6.92 Å². The number of hydrogen-bond acceptors (Lipinski definition) is 16. The molecule has 4 aliphatic rings. The van der Waals surface area contributed by atoms with Gasteiger partial charge in [0.25, 0.3) is 0 Å². The highest BCUT2D eigenvalue weighted by Gasteiger charge is 2.59. The van der Waals surface area contributed by atoms with Crippen LogP contribution in [0.3, 0.4) is 0 Å². The summed E-state index contributed by atoms with van der Waals surface area (Å²) in [7, 11) is 3.48. The maximum atomic E-state index is 18.4. The topological polar surface area (TPSA) is 179 Å². The number of terminal acetylenes is 1. The lowest BCUT2D eigenvalue weighted by atomic mass is 9.73. The first kappa shape index (κ1) is 55.5. The standard InChI is InChI=1S/C49H79FN2O14/c1-18-20-21-52(16)36-22-29(5)60-44(30(36)6)65-40-32(8)41(64-38-24-46(12,57-17)43(33(9)61-38)62-34(10)53)48(14,50)45(55)63-37(19-2)49(15,56)42-31(7)39(51-66-35(11)54)28(4)23-47(40,13)59-26-27(3)25-58-42/h1,28-33,36-38,40-44,56H,3,19-26H2,2,4-17H3/b51-39+/t28-,29-,30-,31+,32-,33+,36+,37-,38?,40-,41+,42-,43+,44?,46-,47-,48+,49-/m1/s1. The maximum Gasteiger partial charge on any atom is 0.346 e. The summed E-state index contributed by atoms with van der Waals surface area (Å²) in [6.07, 6.45) is -2.35. The minimum absolute atomic E-state index is 0.0282. The Hall–Kier alpha value is -3.05. The Kier molecular flexibility index (Phi) is 19.0. The fourth-order valence-electron chi connectivity index (χ4n) is 10.7. The first-order chi connectivity index (χ1) is 30.7. The molecule has 4 heterocycles. The van der Waals surface area contributed by atoms with Crippen LogP contribution in [-0.2, 0) is 61.9 Å². The van der Waals surface area contributed by atoms with Gasteiger partial charge in [0.05, 0.1) is 48.9 Å². The number of halogens is 1. The van der Waals surface area contributed by atoms with Crippen LogP contribution in [0.5, 0.6) is 0 Å². The second kappa shape index (κ2) is 22.6. The molecular weight excluding hydrogens is 860 g/mol. The number of aliphatic hydroxyl groups is 1. The van der Waals surface area contributed by atoms with Gasteiger partial charge in [-0.25, -0.2) is 14.0 Å². The largest absolute Gasteiger partial charge is 0.457 e. The number of oxime groups is 1. The molecule has 0 aromatic carbocycles. The van der Waals surface area contributed by atoms with Crippen LogP contribution in [0.1, 0.15) is 122 Å². The second-order valence-electron chi connectivity index (χ2n) is 20.1. The average Bonchev–Trinajstić information content (AvgIpc) is 3.24. The third kappa shape index (κ3) is 12.6. The number of carbonyl (C=O) groups excluding carboxylic acids is 3. The van der Waals surface area contributed by atoms with Crippen molar-refractivity contribution in [2.24, 2.45) is 28.8 Å². The summed E-state index contributed by atoms with van der Waals surface area (Å²) in [6.45, 7) is 26.2. The van der Waals surface area contributed by atoms with Crippen LogP contribution in [0.15, 0.2) is 17.3 Å². The van der Waals surface area contributed by atoms with E-state index in [-0.39, 0.29) is 50.5 Å². The smallest absolute Gasteiger partial charge is 0.346 e. The molecule has 1 N–H and O–H groups in total.